The number of nitrogens with one attached hydrogen (secondary N) is 1. The first kappa shape index (κ1) is 16.5. The molecule has 2 aromatic carbocycles. The lowest BCUT2D eigenvalue weighted by Gasteiger charge is -2.12. The standard InChI is InChI=1S/C21H16ClN3O/c22-18-12-24-21(26)17-10-16(14-4-2-1-3-5-14)19(25-20(17)18)15-8-6-13(11-23)7-9-15/h1-10,12H,11,23H2,(H,24,26)/p+1. The van der Waals surface area contributed by atoms with Crippen LogP contribution in [0.5, 0.6) is 0 Å². The SMILES string of the molecule is [NH3+]Cc1ccc(-c2nc3c(Cl)c[nH]c(=O)c3cc2-c2ccccc2)cc1. The molecule has 26 heavy (non-hydrogen) atoms. The van der Waals surface area contributed by atoms with Gasteiger partial charge in [0.1, 0.15) is 0 Å². The Morgan fingerprint density at radius 3 is 2.42 bits per heavy atom. The first-order valence-electron chi connectivity index (χ1n) is 8.33. The summed E-state index contributed by atoms with van der Waals surface area (Å²) in [6.45, 7) is 0.734. The molecule has 2 aromatic heterocycles. The summed E-state index contributed by atoms with van der Waals surface area (Å²) in [5, 5.41) is 0.907. The maximum Gasteiger partial charge on any atom is 0.257 e. The van der Waals surface area contributed by atoms with E-state index >= 15 is 0 Å². The van der Waals surface area contributed by atoms with Crippen LogP contribution >= 0.6 is 11.6 Å². The van der Waals surface area contributed by atoms with Crippen LogP contribution in [-0.2, 0) is 6.54 Å². The minimum atomic E-state index is -0.201. The molecule has 4 aromatic rings. The van der Waals surface area contributed by atoms with E-state index < -0.39 is 0 Å². The molecular weight excluding hydrogens is 346 g/mol. The number of halogens is 1. The van der Waals surface area contributed by atoms with Gasteiger partial charge >= 0.3 is 0 Å². The predicted molar refractivity (Wildman–Crippen MR) is 105 cm³/mol. The Hall–Kier alpha value is -2.95. The normalized spacial score (nSPS) is 11.0. The Kier molecular flexibility index (Phi) is 4.29. The molecule has 0 unspecified atom stereocenters. The number of benzene rings is 2. The fourth-order valence-corrected chi connectivity index (χ4v) is 3.23. The lowest BCUT2D eigenvalue weighted by molar-refractivity contribution is -0.386. The first-order chi connectivity index (χ1) is 12.7. The molecule has 0 saturated heterocycles. The van der Waals surface area contributed by atoms with Crippen molar-refractivity contribution < 1.29 is 5.73 Å². The van der Waals surface area contributed by atoms with E-state index in [2.05, 4.69) is 10.7 Å². The molecular formula is C21H17ClN3O+. The van der Waals surface area contributed by atoms with Gasteiger partial charge < -0.3 is 10.7 Å². The van der Waals surface area contributed by atoms with Crippen molar-refractivity contribution in [2.24, 2.45) is 0 Å². The van der Waals surface area contributed by atoms with Crippen molar-refractivity contribution in [2.75, 3.05) is 0 Å². The summed E-state index contributed by atoms with van der Waals surface area (Å²) in [7, 11) is 0. The van der Waals surface area contributed by atoms with Crippen LogP contribution in [0, 0.1) is 0 Å². The molecule has 4 N–H and O–H groups in total. The summed E-state index contributed by atoms with van der Waals surface area (Å²) in [5.74, 6) is 0. The third-order valence-corrected chi connectivity index (χ3v) is 4.71. The van der Waals surface area contributed by atoms with Crippen molar-refractivity contribution in [3.63, 3.8) is 0 Å². The van der Waals surface area contributed by atoms with Crippen LogP contribution in [0.25, 0.3) is 33.3 Å². The quantitative estimate of drug-likeness (QED) is 0.583. The topological polar surface area (TPSA) is 73.4 Å². The molecule has 128 valence electrons. The van der Waals surface area contributed by atoms with Crippen LogP contribution in [0.1, 0.15) is 5.56 Å². The zero-order valence-electron chi connectivity index (χ0n) is 14.0. The van der Waals surface area contributed by atoms with E-state index in [1.165, 1.54) is 6.20 Å². The van der Waals surface area contributed by atoms with E-state index in [9.17, 15) is 4.79 Å². The van der Waals surface area contributed by atoms with Gasteiger partial charge in [0.25, 0.3) is 5.56 Å². The van der Waals surface area contributed by atoms with Crippen molar-refractivity contribution in [1.82, 2.24) is 9.97 Å². The number of rotatable bonds is 3. The van der Waals surface area contributed by atoms with Crippen LogP contribution in [0.4, 0.5) is 0 Å². The third kappa shape index (κ3) is 2.90. The zero-order valence-corrected chi connectivity index (χ0v) is 14.8. The van der Waals surface area contributed by atoms with Gasteiger partial charge in [-0.15, -0.1) is 0 Å². The molecule has 0 atom stereocenters. The molecule has 0 saturated carbocycles. The van der Waals surface area contributed by atoms with E-state index in [-0.39, 0.29) is 5.56 Å². The molecule has 2 heterocycles. The average molecular weight is 363 g/mol. The minimum absolute atomic E-state index is 0.201. The zero-order chi connectivity index (χ0) is 18.1. The number of fused-ring (bicyclic) bond motifs is 1. The van der Waals surface area contributed by atoms with Gasteiger partial charge in [-0.05, 0) is 11.6 Å². The molecule has 0 fully saturated rings. The van der Waals surface area contributed by atoms with Crippen LogP contribution < -0.4 is 11.3 Å². The predicted octanol–water partition coefficient (Wildman–Crippen LogP) is 3.65. The number of hydrogen-bond donors (Lipinski definition) is 2. The Bertz CT molecular complexity index is 1140. The number of aromatic amines is 1. The maximum absolute atomic E-state index is 12.3. The number of quaternary nitrogens is 1. The third-order valence-electron chi connectivity index (χ3n) is 4.42. The van der Waals surface area contributed by atoms with Crippen molar-refractivity contribution in [1.29, 1.82) is 0 Å². The van der Waals surface area contributed by atoms with Gasteiger partial charge in [0.15, 0.2) is 0 Å². The smallest absolute Gasteiger partial charge is 0.257 e. The van der Waals surface area contributed by atoms with Gasteiger partial charge in [-0.25, -0.2) is 4.98 Å². The van der Waals surface area contributed by atoms with Gasteiger partial charge in [0.05, 0.1) is 28.2 Å². The van der Waals surface area contributed by atoms with Crippen LogP contribution in [0.15, 0.2) is 71.7 Å². The molecule has 4 nitrogen and oxygen atoms in total. The summed E-state index contributed by atoms with van der Waals surface area (Å²) in [6, 6.07) is 19.9. The summed E-state index contributed by atoms with van der Waals surface area (Å²) < 4.78 is 0. The van der Waals surface area contributed by atoms with Crippen LogP contribution in [-0.4, -0.2) is 9.97 Å². The highest BCUT2D eigenvalue weighted by Crippen LogP contribution is 2.34. The Morgan fingerprint density at radius 1 is 1.00 bits per heavy atom. The fourth-order valence-electron chi connectivity index (χ4n) is 3.03. The number of hydrogen-bond acceptors (Lipinski definition) is 2. The molecule has 0 amide bonds. The lowest BCUT2D eigenvalue weighted by atomic mass is 9.97. The summed E-state index contributed by atoms with van der Waals surface area (Å²) >= 11 is 6.29. The summed E-state index contributed by atoms with van der Waals surface area (Å²) in [6.07, 6.45) is 1.48. The second-order valence-corrected chi connectivity index (χ2v) is 6.47. The lowest BCUT2D eigenvalue weighted by Crippen LogP contribution is -2.47. The van der Waals surface area contributed by atoms with Crippen LogP contribution in [0.3, 0.4) is 0 Å². The Labute approximate surface area is 155 Å². The highest BCUT2D eigenvalue weighted by Gasteiger charge is 2.14. The van der Waals surface area contributed by atoms with E-state index in [4.69, 9.17) is 16.6 Å². The number of pyridine rings is 2. The monoisotopic (exact) mass is 362 g/mol. The van der Waals surface area contributed by atoms with E-state index in [1.807, 2.05) is 60.7 Å². The molecule has 0 aliphatic rings. The molecule has 0 radical (unpaired) electrons. The van der Waals surface area contributed by atoms with E-state index in [0.29, 0.717) is 15.9 Å². The molecule has 4 rings (SSSR count). The summed E-state index contributed by atoms with van der Waals surface area (Å²) in [4.78, 5) is 19.7. The van der Waals surface area contributed by atoms with Crippen LogP contribution in [0.2, 0.25) is 5.02 Å². The molecule has 0 spiro atoms. The summed E-state index contributed by atoms with van der Waals surface area (Å²) in [5.41, 5.74) is 9.04. The van der Waals surface area contributed by atoms with E-state index in [0.717, 1.165) is 34.5 Å². The van der Waals surface area contributed by atoms with Gasteiger partial charge in [-0.1, -0.05) is 66.2 Å². The van der Waals surface area contributed by atoms with Crippen molar-refractivity contribution in [3.05, 3.63) is 87.8 Å². The molecule has 0 aliphatic heterocycles. The van der Waals surface area contributed by atoms with Crippen molar-refractivity contribution in [3.8, 4) is 22.4 Å². The highest BCUT2D eigenvalue weighted by molar-refractivity contribution is 6.34. The first-order valence-corrected chi connectivity index (χ1v) is 8.71. The second-order valence-electron chi connectivity index (χ2n) is 6.06. The molecule has 5 heteroatoms. The van der Waals surface area contributed by atoms with Crippen molar-refractivity contribution >= 4 is 22.5 Å². The van der Waals surface area contributed by atoms with Gasteiger partial charge in [0, 0.05) is 22.9 Å². The average Bonchev–Trinajstić information content (AvgIpc) is 2.71. The maximum atomic E-state index is 12.3. The molecule has 0 bridgehead atoms. The Balaban J connectivity index is 2.05. The van der Waals surface area contributed by atoms with Gasteiger partial charge in [0.2, 0.25) is 0 Å². The minimum Gasteiger partial charge on any atom is -0.354 e. The van der Waals surface area contributed by atoms with Gasteiger partial charge in [-0.2, -0.15) is 0 Å². The highest BCUT2D eigenvalue weighted by atomic mass is 35.5. The fraction of sp³-hybridized carbons (Fsp3) is 0.0476. The number of nitrogens with zero attached hydrogens (tertiary/aromatic N) is 1. The van der Waals surface area contributed by atoms with E-state index in [1.54, 1.807) is 0 Å². The van der Waals surface area contributed by atoms with Gasteiger partial charge in [-0.3, -0.25) is 4.79 Å². The number of H-pyrrole nitrogens is 1. The molecule has 0 aliphatic carbocycles. The largest absolute Gasteiger partial charge is 0.354 e. The number of aromatic nitrogens is 2. The Morgan fingerprint density at radius 2 is 1.73 bits per heavy atom. The second kappa shape index (κ2) is 6.75. The van der Waals surface area contributed by atoms with Crippen molar-refractivity contribution in [2.45, 2.75) is 6.54 Å².